The Hall–Kier alpha value is -2.14. The van der Waals surface area contributed by atoms with Crippen molar-refractivity contribution < 1.29 is 4.74 Å². The number of hydrogen-bond acceptors (Lipinski definition) is 5. The summed E-state index contributed by atoms with van der Waals surface area (Å²) in [5, 5.41) is 3.54. The van der Waals surface area contributed by atoms with Gasteiger partial charge in [-0.05, 0) is 42.5 Å². The number of nitrogens with zero attached hydrogens (tertiary/aromatic N) is 2. The third-order valence-electron chi connectivity index (χ3n) is 4.82. The van der Waals surface area contributed by atoms with Crippen LogP contribution in [0.4, 0.5) is 11.5 Å². The van der Waals surface area contributed by atoms with E-state index in [1.54, 1.807) is 6.20 Å². The molecule has 0 radical (unpaired) electrons. The zero-order valence-corrected chi connectivity index (χ0v) is 13.2. The zero-order valence-electron chi connectivity index (χ0n) is 13.2. The van der Waals surface area contributed by atoms with Gasteiger partial charge in [-0.3, -0.25) is 4.98 Å². The molecule has 23 heavy (non-hydrogen) atoms. The molecule has 5 nitrogen and oxygen atoms in total. The summed E-state index contributed by atoms with van der Waals surface area (Å²) in [6.07, 6.45) is 8.66. The summed E-state index contributed by atoms with van der Waals surface area (Å²) >= 11 is 0. The summed E-state index contributed by atoms with van der Waals surface area (Å²) in [6, 6.07) is 6.51. The van der Waals surface area contributed by atoms with Crippen LogP contribution < -0.4 is 11.1 Å². The Kier molecular flexibility index (Phi) is 3.87. The van der Waals surface area contributed by atoms with E-state index in [0.29, 0.717) is 17.8 Å². The van der Waals surface area contributed by atoms with Gasteiger partial charge in [0.05, 0.1) is 30.6 Å². The van der Waals surface area contributed by atoms with Gasteiger partial charge in [0.15, 0.2) is 0 Å². The first-order valence-electron chi connectivity index (χ1n) is 8.36. The highest BCUT2D eigenvalue weighted by molar-refractivity contribution is 5.74. The molecular formula is C18H22N4O. The van der Waals surface area contributed by atoms with E-state index in [2.05, 4.69) is 21.4 Å². The Labute approximate surface area is 136 Å². The Morgan fingerprint density at radius 2 is 2.04 bits per heavy atom. The van der Waals surface area contributed by atoms with Crippen LogP contribution >= 0.6 is 0 Å². The van der Waals surface area contributed by atoms with Gasteiger partial charge < -0.3 is 15.8 Å². The van der Waals surface area contributed by atoms with Crippen molar-refractivity contribution in [3.63, 3.8) is 0 Å². The normalized spacial score (nSPS) is 18.8. The molecule has 0 spiro atoms. The highest BCUT2D eigenvalue weighted by atomic mass is 16.5. The van der Waals surface area contributed by atoms with Crippen molar-refractivity contribution in [2.45, 2.75) is 37.6 Å². The molecule has 3 heterocycles. The van der Waals surface area contributed by atoms with Crippen LogP contribution in [-0.4, -0.2) is 29.2 Å². The third-order valence-corrected chi connectivity index (χ3v) is 4.82. The van der Waals surface area contributed by atoms with Gasteiger partial charge in [0.25, 0.3) is 0 Å². The van der Waals surface area contributed by atoms with Crippen LogP contribution in [0.15, 0.2) is 30.6 Å². The van der Waals surface area contributed by atoms with Gasteiger partial charge in [-0.1, -0.05) is 12.8 Å². The molecule has 1 saturated heterocycles. The molecule has 1 aliphatic heterocycles. The Balaban J connectivity index is 1.75. The molecule has 0 atom stereocenters. The number of rotatable bonds is 4. The second-order valence-electron chi connectivity index (χ2n) is 6.46. The second kappa shape index (κ2) is 6.16. The van der Waals surface area contributed by atoms with Crippen LogP contribution in [0.1, 0.15) is 37.2 Å². The number of anilines is 2. The van der Waals surface area contributed by atoms with Crippen LogP contribution in [0.2, 0.25) is 0 Å². The molecule has 0 bridgehead atoms. The van der Waals surface area contributed by atoms with E-state index in [4.69, 9.17) is 10.5 Å². The summed E-state index contributed by atoms with van der Waals surface area (Å²) in [4.78, 5) is 8.82. The quantitative estimate of drug-likeness (QED) is 0.907. The summed E-state index contributed by atoms with van der Waals surface area (Å²) < 4.78 is 5.27. The molecule has 0 amide bonds. The average Bonchev–Trinajstić information content (AvgIpc) is 3.06. The summed E-state index contributed by atoms with van der Waals surface area (Å²) in [5.41, 5.74) is 10.6. The largest absolute Gasteiger partial charge is 0.382 e. The SMILES string of the molecule is Nc1nc(-c2cccnc2)cc(C2CCCC2)c1NC1COC1. The molecule has 4 rings (SSSR count). The van der Waals surface area contributed by atoms with Gasteiger partial charge in [0, 0.05) is 18.0 Å². The Bertz CT molecular complexity index is 679. The topological polar surface area (TPSA) is 73.1 Å². The summed E-state index contributed by atoms with van der Waals surface area (Å²) in [6.45, 7) is 1.49. The van der Waals surface area contributed by atoms with Crippen LogP contribution in [-0.2, 0) is 4.74 Å². The zero-order chi connectivity index (χ0) is 15.6. The molecule has 0 unspecified atom stereocenters. The molecule has 2 aromatic heterocycles. The van der Waals surface area contributed by atoms with E-state index in [1.807, 2.05) is 18.3 Å². The Morgan fingerprint density at radius 3 is 2.70 bits per heavy atom. The van der Waals surface area contributed by atoms with E-state index in [1.165, 1.54) is 31.2 Å². The van der Waals surface area contributed by atoms with E-state index in [-0.39, 0.29) is 0 Å². The van der Waals surface area contributed by atoms with Gasteiger partial charge in [-0.25, -0.2) is 4.98 Å². The minimum atomic E-state index is 0.350. The molecule has 2 fully saturated rings. The molecule has 5 heteroatoms. The van der Waals surface area contributed by atoms with Gasteiger partial charge in [0.1, 0.15) is 5.82 Å². The van der Waals surface area contributed by atoms with E-state index in [9.17, 15) is 0 Å². The van der Waals surface area contributed by atoms with Crippen molar-refractivity contribution in [1.82, 2.24) is 9.97 Å². The highest BCUT2D eigenvalue weighted by Gasteiger charge is 2.26. The molecule has 3 N–H and O–H groups in total. The standard InChI is InChI=1S/C18H22N4O/c19-18-17(21-14-10-23-11-14)15(12-4-1-2-5-12)8-16(22-18)13-6-3-7-20-9-13/h3,6-9,12,14,21H,1-2,4-5,10-11H2,(H2,19,22). The lowest BCUT2D eigenvalue weighted by molar-refractivity contribution is 0.0211. The lowest BCUT2D eigenvalue weighted by atomic mass is 9.94. The fourth-order valence-corrected chi connectivity index (χ4v) is 3.49. The molecule has 0 aromatic carbocycles. The molecule has 2 aromatic rings. The maximum Gasteiger partial charge on any atom is 0.147 e. The van der Waals surface area contributed by atoms with Crippen molar-refractivity contribution in [1.29, 1.82) is 0 Å². The number of nitrogens with one attached hydrogen (secondary N) is 1. The molecule has 2 aliphatic rings. The fraction of sp³-hybridized carbons (Fsp3) is 0.444. The van der Waals surface area contributed by atoms with Crippen molar-refractivity contribution in [3.05, 3.63) is 36.2 Å². The maximum absolute atomic E-state index is 6.32. The van der Waals surface area contributed by atoms with Gasteiger partial charge in [0.2, 0.25) is 0 Å². The minimum absolute atomic E-state index is 0.350. The van der Waals surface area contributed by atoms with Crippen molar-refractivity contribution in [2.75, 3.05) is 24.3 Å². The molecule has 1 aliphatic carbocycles. The number of nitrogens with two attached hydrogens (primary N) is 1. The first-order chi connectivity index (χ1) is 11.3. The highest BCUT2D eigenvalue weighted by Crippen LogP contribution is 2.41. The Morgan fingerprint density at radius 1 is 1.22 bits per heavy atom. The van der Waals surface area contributed by atoms with E-state index >= 15 is 0 Å². The van der Waals surface area contributed by atoms with E-state index in [0.717, 1.165) is 30.2 Å². The monoisotopic (exact) mass is 310 g/mol. The molecule has 120 valence electrons. The van der Waals surface area contributed by atoms with Gasteiger partial charge in [-0.15, -0.1) is 0 Å². The lowest BCUT2D eigenvalue weighted by Crippen LogP contribution is -2.40. The number of aromatic nitrogens is 2. The fourth-order valence-electron chi connectivity index (χ4n) is 3.49. The first-order valence-corrected chi connectivity index (χ1v) is 8.36. The van der Waals surface area contributed by atoms with Gasteiger partial charge in [-0.2, -0.15) is 0 Å². The number of nitrogen functional groups attached to an aromatic ring is 1. The smallest absolute Gasteiger partial charge is 0.147 e. The van der Waals surface area contributed by atoms with Crippen LogP contribution in [0.25, 0.3) is 11.3 Å². The first kappa shape index (κ1) is 14.5. The average molecular weight is 310 g/mol. The minimum Gasteiger partial charge on any atom is -0.382 e. The predicted octanol–water partition coefficient (Wildman–Crippen LogP) is 3.19. The van der Waals surface area contributed by atoms with Crippen molar-refractivity contribution >= 4 is 11.5 Å². The van der Waals surface area contributed by atoms with E-state index < -0.39 is 0 Å². The van der Waals surface area contributed by atoms with Crippen molar-refractivity contribution in [3.8, 4) is 11.3 Å². The molecule has 1 saturated carbocycles. The number of hydrogen-bond donors (Lipinski definition) is 2. The van der Waals surface area contributed by atoms with Gasteiger partial charge >= 0.3 is 0 Å². The van der Waals surface area contributed by atoms with Crippen molar-refractivity contribution in [2.24, 2.45) is 0 Å². The number of ether oxygens (including phenoxy) is 1. The second-order valence-corrected chi connectivity index (χ2v) is 6.46. The predicted molar refractivity (Wildman–Crippen MR) is 91.3 cm³/mol. The molecular weight excluding hydrogens is 288 g/mol. The third kappa shape index (κ3) is 2.88. The van der Waals surface area contributed by atoms with Crippen LogP contribution in [0.5, 0.6) is 0 Å². The number of pyridine rings is 2. The summed E-state index contributed by atoms with van der Waals surface area (Å²) in [7, 11) is 0. The van der Waals surface area contributed by atoms with Crippen LogP contribution in [0.3, 0.4) is 0 Å². The van der Waals surface area contributed by atoms with Crippen LogP contribution in [0, 0.1) is 0 Å². The maximum atomic E-state index is 6.32. The summed E-state index contributed by atoms with van der Waals surface area (Å²) in [5.74, 6) is 1.15. The lowest BCUT2D eigenvalue weighted by Gasteiger charge is -2.30.